The molecule has 5 rings (SSSR count). The van der Waals surface area contributed by atoms with Crippen LogP contribution in [0.25, 0.3) is 16.8 Å². The van der Waals surface area contributed by atoms with Crippen molar-refractivity contribution in [1.82, 2.24) is 5.32 Å². The highest BCUT2D eigenvalue weighted by atomic mass is 79.9. The summed E-state index contributed by atoms with van der Waals surface area (Å²) < 4.78 is 6.62. The Kier molecular flexibility index (Phi) is 7.31. The number of carbonyl (C=O) groups excluding carboxylic acids is 3. The summed E-state index contributed by atoms with van der Waals surface area (Å²) in [7, 11) is 0. The van der Waals surface area contributed by atoms with Gasteiger partial charge in [0.25, 0.3) is 11.8 Å². The number of nitrogens with one attached hydrogen (secondary N) is 1. The molecule has 0 bridgehead atoms. The zero-order valence-electron chi connectivity index (χ0n) is 20.3. The van der Waals surface area contributed by atoms with Gasteiger partial charge in [-0.1, -0.05) is 73.1 Å². The van der Waals surface area contributed by atoms with Crippen LogP contribution in [-0.4, -0.2) is 17.8 Å². The number of aryl methyl sites for hydroxylation is 1. The van der Waals surface area contributed by atoms with E-state index < -0.39 is 17.8 Å². The molecule has 8 heteroatoms. The summed E-state index contributed by atoms with van der Waals surface area (Å²) in [6, 6.07) is 23.6. The number of ether oxygens (including phenoxy) is 1. The van der Waals surface area contributed by atoms with E-state index in [-0.39, 0.29) is 5.57 Å². The van der Waals surface area contributed by atoms with Gasteiger partial charge in [0.05, 0.1) is 15.2 Å². The molecule has 1 fully saturated rings. The Balaban J connectivity index is 1.41. The number of hydrogen-bond donors (Lipinski definition) is 1. The molecule has 0 unspecified atom stereocenters. The quantitative estimate of drug-likeness (QED) is 0.193. The summed E-state index contributed by atoms with van der Waals surface area (Å²) in [5.41, 5.74) is 2.76. The van der Waals surface area contributed by atoms with Crippen molar-refractivity contribution in [2.75, 3.05) is 4.90 Å². The fraction of sp³-hybridized carbons (Fsp3) is 0.100. The van der Waals surface area contributed by atoms with Crippen LogP contribution in [0.3, 0.4) is 0 Å². The largest absolute Gasteiger partial charge is 0.486 e. The lowest BCUT2D eigenvalue weighted by atomic mass is 10.1. The number of anilines is 1. The number of carbonyl (C=O) groups is 3. The molecule has 0 aromatic heterocycles. The number of urea groups is 1. The molecule has 4 aromatic rings. The van der Waals surface area contributed by atoms with Gasteiger partial charge in [-0.15, -0.1) is 0 Å². The highest BCUT2D eigenvalue weighted by Gasteiger charge is 2.36. The molecule has 0 saturated carbocycles. The summed E-state index contributed by atoms with van der Waals surface area (Å²) in [5.74, 6) is -1.05. The molecule has 38 heavy (non-hydrogen) atoms. The van der Waals surface area contributed by atoms with Crippen LogP contribution in [0.15, 0.2) is 88.9 Å². The maximum absolute atomic E-state index is 13.2. The molecule has 1 aliphatic rings. The zero-order chi connectivity index (χ0) is 26.8. The first-order chi connectivity index (χ1) is 18.4. The van der Waals surface area contributed by atoms with Gasteiger partial charge in [-0.05, 0) is 80.2 Å². The monoisotopic (exact) mass is 588 g/mol. The Morgan fingerprint density at radius 2 is 1.71 bits per heavy atom. The van der Waals surface area contributed by atoms with Crippen LogP contribution in [0.2, 0.25) is 5.02 Å². The van der Waals surface area contributed by atoms with E-state index in [0.29, 0.717) is 33.1 Å². The van der Waals surface area contributed by atoms with E-state index in [1.54, 1.807) is 24.3 Å². The second kappa shape index (κ2) is 10.8. The van der Waals surface area contributed by atoms with Crippen molar-refractivity contribution in [2.45, 2.75) is 20.0 Å². The number of benzene rings is 4. The fourth-order valence-electron chi connectivity index (χ4n) is 4.31. The maximum atomic E-state index is 13.2. The number of amides is 4. The van der Waals surface area contributed by atoms with Crippen molar-refractivity contribution >= 4 is 67.9 Å². The van der Waals surface area contributed by atoms with Crippen LogP contribution in [-0.2, 0) is 22.6 Å². The lowest BCUT2D eigenvalue weighted by molar-refractivity contribution is -0.122. The average Bonchev–Trinajstić information content (AvgIpc) is 2.91. The standard InChI is InChI=1S/C30H22BrClN2O4/c1-2-18-10-12-22(13-11-18)34-29(36)24(28(35)33-30(34)37)14-19-15-25(31)27(26(32)16-19)38-17-21-8-5-7-20-6-3-4-9-23(20)21/h3-16H,2,17H2,1H3,(H,33,35,37)/b24-14-. The topological polar surface area (TPSA) is 75.7 Å². The van der Waals surface area contributed by atoms with Gasteiger partial charge in [0.15, 0.2) is 5.75 Å². The van der Waals surface area contributed by atoms with Crippen molar-refractivity contribution in [3.63, 3.8) is 0 Å². The van der Waals surface area contributed by atoms with Crippen molar-refractivity contribution in [1.29, 1.82) is 0 Å². The molecule has 0 aliphatic carbocycles. The van der Waals surface area contributed by atoms with E-state index in [9.17, 15) is 14.4 Å². The zero-order valence-corrected chi connectivity index (χ0v) is 22.7. The third-order valence-corrected chi connectivity index (χ3v) is 7.16. The minimum Gasteiger partial charge on any atom is -0.486 e. The fourth-order valence-corrected chi connectivity index (χ4v) is 5.30. The Labute approximate surface area is 233 Å². The van der Waals surface area contributed by atoms with E-state index in [1.165, 1.54) is 6.08 Å². The number of rotatable bonds is 6. The Morgan fingerprint density at radius 3 is 2.45 bits per heavy atom. The first kappa shape index (κ1) is 25.7. The van der Waals surface area contributed by atoms with Gasteiger partial charge in [-0.2, -0.15) is 0 Å². The van der Waals surface area contributed by atoms with E-state index in [1.807, 2.05) is 61.5 Å². The van der Waals surface area contributed by atoms with Crippen molar-refractivity contribution in [3.8, 4) is 5.75 Å². The molecular weight excluding hydrogens is 568 g/mol. The third-order valence-electron chi connectivity index (χ3n) is 6.29. The molecule has 0 atom stereocenters. The molecular formula is C30H22BrClN2O4. The third kappa shape index (κ3) is 5.08. The number of hydrogen-bond acceptors (Lipinski definition) is 4. The van der Waals surface area contributed by atoms with E-state index >= 15 is 0 Å². The molecule has 6 nitrogen and oxygen atoms in total. The number of barbiturate groups is 1. The van der Waals surface area contributed by atoms with Gasteiger partial charge in [0, 0.05) is 0 Å². The van der Waals surface area contributed by atoms with Gasteiger partial charge in [-0.3, -0.25) is 14.9 Å². The maximum Gasteiger partial charge on any atom is 0.335 e. The van der Waals surface area contributed by atoms with E-state index in [0.717, 1.165) is 33.2 Å². The lowest BCUT2D eigenvalue weighted by Gasteiger charge is -2.26. The number of halogens is 2. The van der Waals surface area contributed by atoms with Crippen molar-refractivity contribution < 1.29 is 19.1 Å². The smallest absolute Gasteiger partial charge is 0.335 e. The van der Waals surface area contributed by atoms with Crippen LogP contribution < -0.4 is 15.0 Å². The van der Waals surface area contributed by atoms with Gasteiger partial charge in [0.2, 0.25) is 0 Å². The second-order valence-corrected chi connectivity index (χ2v) is 9.98. The molecule has 1 aliphatic heterocycles. The minimum atomic E-state index is -0.794. The van der Waals surface area contributed by atoms with E-state index in [4.69, 9.17) is 16.3 Å². The first-order valence-electron chi connectivity index (χ1n) is 11.9. The Morgan fingerprint density at radius 1 is 0.974 bits per heavy atom. The van der Waals surface area contributed by atoms with Crippen LogP contribution in [0, 0.1) is 0 Å². The SMILES string of the molecule is CCc1ccc(N2C(=O)NC(=O)/C(=C/c3cc(Cl)c(OCc4cccc5ccccc45)c(Br)c3)C2=O)cc1. The number of fused-ring (bicyclic) bond motifs is 1. The molecule has 1 saturated heterocycles. The second-order valence-electron chi connectivity index (χ2n) is 8.72. The average molecular weight is 590 g/mol. The van der Waals surface area contributed by atoms with Crippen molar-refractivity contribution in [2.24, 2.45) is 0 Å². The number of nitrogens with zero attached hydrogens (tertiary/aromatic N) is 1. The predicted octanol–water partition coefficient (Wildman–Crippen LogP) is 7.06. The molecule has 4 aromatic carbocycles. The highest BCUT2D eigenvalue weighted by Crippen LogP contribution is 2.36. The normalized spacial score (nSPS) is 14.8. The summed E-state index contributed by atoms with van der Waals surface area (Å²) in [6.45, 7) is 2.31. The van der Waals surface area contributed by atoms with Crippen LogP contribution in [0.4, 0.5) is 10.5 Å². The van der Waals surface area contributed by atoms with E-state index in [2.05, 4.69) is 21.2 Å². The lowest BCUT2D eigenvalue weighted by Crippen LogP contribution is -2.54. The van der Waals surface area contributed by atoms with Crippen LogP contribution >= 0.6 is 27.5 Å². The summed E-state index contributed by atoms with van der Waals surface area (Å²) in [5, 5.41) is 4.75. The number of imide groups is 2. The summed E-state index contributed by atoms with van der Waals surface area (Å²) in [4.78, 5) is 39.2. The molecule has 0 radical (unpaired) electrons. The van der Waals surface area contributed by atoms with Gasteiger partial charge < -0.3 is 4.74 Å². The van der Waals surface area contributed by atoms with Gasteiger partial charge in [-0.25, -0.2) is 9.69 Å². The molecule has 190 valence electrons. The summed E-state index contributed by atoms with van der Waals surface area (Å²) >= 11 is 10.1. The molecule has 1 N–H and O–H groups in total. The Bertz CT molecular complexity index is 1590. The van der Waals surface area contributed by atoms with Crippen LogP contribution in [0.5, 0.6) is 5.75 Å². The Hall–Kier alpha value is -3.94. The van der Waals surface area contributed by atoms with Crippen molar-refractivity contribution in [3.05, 3.63) is 111 Å². The predicted molar refractivity (Wildman–Crippen MR) is 152 cm³/mol. The highest BCUT2D eigenvalue weighted by molar-refractivity contribution is 9.10. The molecule has 4 amide bonds. The minimum absolute atomic E-state index is 0.184. The first-order valence-corrected chi connectivity index (χ1v) is 13.1. The van der Waals surface area contributed by atoms with Crippen LogP contribution in [0.1, 0.15) is 23.6 Å². The van der Waals surface area contributed by atoms with Gasteiger partial charge >= 0.3 is 6.03 Å². The van der Waals surface area contributed by atoms with Gasteiger partial charge in [0.1, 0.15) is 12.2 Å². The summed E-state index contributed by atoms with van der Waals surface area (Å²) in [6.07, 6.45) is 2.23. The molecule has 1 heterocycles. The molecule has 0 spiro atoms.